The summed E-state index contributed by atoms with van der Waals surface area (Å²) in [6, 6.07) is 5.75. The summed E-state index contributed by atoms with van der Waals surface area (Å²) in [4.78, 5) is 13.7. The second-order valence-corrected chi connectivity index (χ2v) is 8.38. The van der Waals surface area contributed by atoms with Crippen LogP contribution >= 0.6 is 11.6 Å². The van der Waals surface area contributed by atoms with E-state index in [9.17, 15) is 5.11 Å². The molecule has 3 aromatic rings. The number of para-hydroxylation sites is 1. The van der Waals surface area contributed by atoms with E-state index in [-0.39, 0.29) is 6.04 Å². The molecule has 0 fully saturated rings. The van der Waals surface area contributed by atoms with Crippen LogP contribution in [0.15, 0.2) is 24.5 Å². The van der Waals surface area contributed by atoms with E-state index in [1.54, 1.807) is 26.2 Å². The Balaban J connectivity index is 1.90. The number of nitrogens with zero attached hydrogens (tertiary/aromatic N) is 4. The standard InChI is InChI=1S/C20H28ClN7O/c1-12(2)28-11-25-16-17(24-10-13-6-5-7-14(21)15(13)22)26-19(27-18(16)28)23-9-8-20(3,4)29/h5-7,11-12,29H,8-10,22H2,1-4H3,(H2,23,24,26,27). The van der Waals surface area contributed by atoms with Gasteiger partial charge in [0.25, 0.3) is 0 Å². The van der Waals surface area contributed by atoms with Crippen LogP contribution in [0.5, 0.6) is 0 Å². The van der Waals surface area contributed by atoms with Gasteiger partial charge in [0.1, 0.15) is 0 Å². The molecule has 156 valence electrons. The van der Waals surface area contributed by atoms with E-state index in [2.05, 4.69) is 39.4 Å². The summed E-state index contributed by atoms with van der Waals surface area (Å²) in [5.74, 6) is 1.09. The number of aliphatic hydroxyl groups is 1. The molecule has 9 heteroatoms. The molecule has 1 aromatic carbocycles. The van der Waals surface area contributed by atoms with Crippen LogP contribution in [0.2, 0.25) is 5.02 Å². The maximum atomic E-state index is 9.93. The quantitative estimate of drug-likeness (QED) is 0.412. The summed E-state index contributed by atoms with van der Waals surface area (Å²) in [7, 11) is 0. The first-order chi connectivity index (χ1) is 13.7. The lowest BCUT2D eigenvalue weighted by atomic mass is 10.1. The average molecular weight is 418 g/mol. The van der Waals surface area contributed by atoms with Gasteiger partial charge in [-0.25, -0.2) is 4.98 Å². The van der Waals surface area contributed by atoms with Crippen LogP contribution in [0.1, 0.15) is 45.7 Å². The zero-order chi connectivity index (χ0) is 21.2. The van der Waals surface area contributed by atoms with E-state index in [1.807, 2.05) is 16.7 Å². The minimum Gasteiger partial charge on any atom is -0.397 e. The fourth-order valence-corrected chi connectivity index (χ4v) is 3.09. The summed E-state index contributed by atoms with van der Waals surface area (Å²) in [5.41, 5.74) is 8.17. The molecule has 29 heavy (non-hydrogen) atoms. The maximum Gasteiger partial charge on any atom is 0.226 e. The predicted octanol–water partition coefficient (Wildman–Crippen LogP) is 3.83. The van der Waals surface area contributed by atoms with Gasteiger partial charge in [0.15, 0.2) is 17.0 Å². The van der Waals surface area contributed by atoms with Crippen molar-refractivity contribution in [3.05, 3.63) is 35.1 Å². The van der Waals surface area contributed by atoms with Gasteiger partial charge in [-0.1, -0.05) is 23.7 Å². The molecule has 0 atom stereocenters. The predicted molar refractivity (Wildman–Crippen MR) is 118 cm³/mol. The molecule has 0 saturated carbocycles. The highest BCUT2D eigenvalue weighted by atomic mass is 35.5. The number of halogens is 1. The van der Waals surface area contributed by atoms with Gasteiger partial charge < -0.3 is 26.0 Å². The van der Waals surface area contributed by atoms with E-state index < -0.39 is 5.60 Å². The van der Waals surface area contributed by atoms with Crippen molar-refractivity contribution in [3.63, 3.8) is 0 Å². The molecule has 0 spiro atoms. The molecule has 0 bridgehead atoms. The molecule has 8 nitrogen and oxygen atoms in total. The molecule has 0 aliphatic heterocycles. The zero-order valence-electron chi connectivity index (χ0n) is 17.2. The Labute approximate surface area is 175 Å². The van der Waals surface area contributed by atoms with Crippen LogP contribution in [0, 0.1) is 0 Å². The lowest BCUT2D eigenvalue weighted by molar-refractivity contribution is 0.0748. The third kappa shape index (κ3) is 5.07. The largest absolute Gasteiger partial charge is 0.397 e. The number of fused-ring (bicyclic) bond motifs is 1. The van der Waals surface area contributed by atoms with Gasteiger partial charge in [0.2, 0.25) is 5.95 Å². The molecule has 3 rings (SSSR count). The fraction of sp³-hybridized carbons (Fsp3) is 0.450. The van der Waals surface area contributed by atoms with Crippen molar-refractivity contribution in [1.29, 1.82) is 0 Å². The summed E-state index contributed by atoms with van der Waals surface area (Å²) in [6.07, 6.45) is 2.34. The highest BCUT2D eigenvalue weighted by molar-refractivity contribution is 6.33. The molecule has 2 aromatic heterocycles. The van der Waals surface area contributed by atoms with E-state index >= 15 is 0 Å². The van der Waals surface area contributed by atoms with Crippen LogP contribution in [-0.2, 0) is 6.54 Å². The first-order valence-electron chi connectivity index (χ1n) is 9.63. The topological polar surface area (TPSA) is 114 Å². The number of aromatic nitrogens is 4. The maximum absolute atomic E-state index is 9.93. The third-order valence-corrected chi connectivity index (χ3v) is 4.92. The second-order valence-electron chi connectivity index (χ2n) is 7.97. The number of rotatable bonds is 8. The Hall–Kier alpha value is -2.58. The normalized spacial score (nSPS) is 12.0. The molecule has 0 aliphatic carbocycles. The lowest BCUT2D eigenvalue weighted by Crippen LogP contribution is -2.23. The molecular weight excluding hydrogens is 390 g/mol. The monoisotopic (exact) mass is 417 g/mol. The molecule has 2 heterocycles. The van der Waals surface area contributed by atoms with Gasteiger partial charge in [-0.05, 0) is 45.7 Å². The number of anilines is 3. The SMILES string of the molecule is CC(C)n1cnc2c(NCc3cccc(Cl)c3N)nc(NCCC(C)(C)O)nc21. The molecule has 0 unspecified atom stereocenters. The van der Waals surface area contributed by atoms with E-state index in [4.69, 9.17) is 17.3 Å². The molecule has 0 saturated heterocycles. The molecule has 0 radical (unpaired) electrons. The van der Waals surface area contributed by atoms with E-state index in [0.29, 0.717) is 47.5 Å². The number of benzene rings is 1. The first-order valence-corrected chi connectivity index (χ1v) is 10.0. The fourth-order valence-electron chi connectivity index (χ4n) is 2.89. The van der Waals surface area contributed by atoms with E-state index in [1.165, 1.54) is 0 Å². The van der Waals surface area contributed by atoms with Crippen LogP contribution in [0.4, 0.5) is 17.5 Å². The van der Waals surface area contributed by atoms with Gasteiger partial charge in [0.05, 0.1) is 22.6 Å². The highest BCUT2D eigenvalue weighted by Gasteiger charge is 2.16. The summed E-state index contributed by atoms with van der Waals surface area (Å²) in [5, 5.41) is 17.0. The second kappa shape index (κ2) is 8.42. The van der Waals surface area contributed by atoms with Crippen LogP contribution in [-0.4, -0.2) is 36.8 Å². The molecule has 0 amide bonds. The number of hydrogen-bond donors (Lipinski definition) is 4. The minimum atomic E-state index is -0.762. The number of nitrogens with one attached hydrogen (secondary N) is 2. The van der Waals surface area contributed by atoms with Crippen LogP contribution < -0.4 is 16.4 Å². The Morgan fingerprint density at radius 2 is 2.00 bits per heavy atom. The van der Waals surface area contributed by atoms with Gasteiger partial charge >= 0.3 is 0 Å². The Kier molecular flexibility index (Phi) is 6.14. The summed E-state index contributed by atoms with van der Waals surface area (Å²) < 4.78 is 2.00. The number of hydrogen-bond acceptors (Lipinski definition) is 7. The van der Waals surface area contributed by atoms with Crippen LogP contribution in [0.25, 0.3) is 11.2 Å². The van der Waals surface area contributed by atoms with Crippen molar-refractivity contribution in [2.24, 2.45) is 0 Å². The molecular formula is C20H28ClN7O. The highest BCUT2D eigenvalue weighted by Crippen LogP contribution is 2.26. The lowest BCUT2D eigenvalue weighted by Gasteiger charge is -2.17. The number of nitrogens with two attached hydrogens (primary N) is 1. The third-order valence-electron chi connectivity index (χ3n) is 4.59. The van der Waals surface area contributed by atoms with Crippen molar-refractivity contribution >= 4 is 40.2 Å². The van der Waals surface area contributed by atoms with Gasteiger partial charge in [0, 0.05) is 19.1 Å². The Bertz CT molecular complexity index is 994. The summed E-state index contributed by atoms with van der Waals surface area (Å²) in [6.45, 7) is 8.69. The first kappa shape index (κ1) is 21.1. The Morgan fingerprint density at radius 1 is 1.24 bits per heavy atom. The minimum absolute atomic E-state index is 0.204. The van der Waals surface area contributed by atoms with Crippen molar-refractivity contribution in [3.8, 4) is 0 Å². The van der Waals surface area contributed by atoms with E-state index in [0.717, 1.165) is 11.2 Å². The summed E-state index contributed by atoms with van der Waals surface area (Å²) >= 11 is 6.12. The Morgan fingerprint density at radius 3 is 2.69 bits per heavy atom. The number of nitrogen functional groups attached to an aromatic ring is 1. The van der Waals surface area contributed by atoms with Crippen molar-refractivity contribution in [2.45, 2.75) is 52.3 Å². The van der Waals surface area contributed by atoms with Gasteiger partial charge in [-0.15, -0.1) is 0 Å². The van der Waals surface area contributed by atoms with Gasteiger partial charge in [-0.2, -0.15) is 9.97 Å². The van der Waals surface area contributed by atoms with Crippen LogP contribution in [0.3, 0.4) is 0 Å². The van der Waals surface area contributed by atoms with Crippen molar-refractivity contribution in [2.75, 3.05) is 22.9 Å². The van der Waals surface area contributed by atoms with Crippen molar-refractivity contribution < 1.29 is 5.11 Å². The van der Waals surface area contributed by atoms with Gasteiger partial charge in [-0.3, -0.25) is 0 Å². The average Bonchev–Trinajstić information content (AvgIpc) is 3.06. The molecule has 5 N–H and O–H groups in total. The smallest absolute Gasteiger partial charge is 0.226 e. The van der Waals surface area contributed by atoms with Crippen molar-refractivity contribution in [1.82, 2.24) is 19.5 Å². The zero-order valence-corrected chi connectivity index (χ0v) is 18.0. The molecule has 0 aliphatic rings. The number of imidazole rings is 1.